The largest absolute Gasteiger partial charge is 0.508 e. The van der Waals surface area contributed by atoms with Crippen molar-refractivity contribution in [3.05, 3.63) is 78.2 Å². The number of phenols is 1. The predicted octanol–water partition coefficient (Wildman–Crippen LogP) is 4.86. The maximum Gasteiger partial charge on any atom is 0.269 e. The number of amides is 2. The first-order valence-corrected chi connectivity index (χ1v) is 13.8. The number of benzene rings is 2. The van der Waals surface area contributed by atoms with Gasteiger partial charge in [-0.05, 0) is 48.9 Å². The molecule has 1 saturated carbocycles. The van der Waals surface area contributed by atoms with E-state index >= 15 is 0 Å². The second-order valence-corrected chi connectivity index (χ2v) is 10.4. The summed E-state index contributed by atoms with van der Waals surface area (Å²) in [6, 6.07) is 14.2. The number of para-hydroxylation sites is 3. The highest BCUT2D eigenvalue weighted by Gasteiger charge is 2.27. The Bertz CT molecular complexity index is 1340. The van der Waals surface area contributed by atoms with Gasteiger partial charge in [-0.25, -0.2) is 9.97 Å². The molecule has 2 atom stereocenters. The van der Waals surface area contributed by atoms with Crippen molar-refractivity contribution in [3.63, 3.8) is 0 Å². The minimum Gasteiger partial charge on any atom is -0.508 e. The standard InChI is InChI=1S/C30H35N5O4/c36-26-12-6-4-10-21(26)17-22(30-35-23-11-5-7-13-27(23)39-30)14-15-32-28(37)24(16-20-8-2-1-3-9-20)34-29(38)25-18-31-19-33-25/h4-7,10-13,18-20,22,24,36H,1-3,8-9,14-17H2,(H,31,33)(H,32,37)(H,34,38)/t22?,24-/m0/s1. The van der Waals surface area contributed by atoms with E-state index < -0.39 is 6.04 Å². The van der Waals surface area contributed by atoms with Crippen molar-refractivity contribution in [2.24, 2.45) is 5.92 Å². The lowest BCUT2D eigenvalue weighted by Crippen LogP contribution is -2.48. The van der Waals surface area contributed by atoms with Gasteiger partial charge in [-0.2, -0.15) is 0 Å². The molecule has 0 saturated heterocycles. The molecule has 0 radical (unpaired) electrons. The Kier molecular flexibility index (Phi) is 8.55. The van der Waals surface area contributed by atoms with Crippen LogP contribution in [-0.4, -0.2) is 44.5 Å². The summed E-state index contributed by atoms with van der Waals surface area (Å²) >= 11 is 0. The molecule has 0 bridgehead atoms. The molecule has 1 aliphatic rings. The van der Waals surface area contributed by atoms with Gasteiger partial charge in [-0.1, -0.05) is 62.4 Å². The van der Waals surface area contributed by atoms with Crippen LogP contribution >= 0.6 is 0 Å². The van der Waals surface area contributed by atoms with Crippen molar-refractivity contribution in [1.29, 1.82) is 0 Å². The van der Waals surface area contributed by atoms with Crippen molar-refractivity contribution in [2.75, 3.05) is 6.54 Å². The Labute approximate surface area is 227 Å². The van der Waals surface area contributed by atoms with E-state index in [2.05, 4.69) is 25.6 Å². The van der Waals surface area contributed by atoms with Crippen LogP contribution < -0.4 is 10.6 Å². The first-order chi connectivity index (χ1) is 19.1. The van der Waals surface area contributed by atoms with E-state index in [1.54, 1.807) is 12.1 Å². The van der Waals surface area contributed by atoms with E-state index in [1.165, 1.54) is 18.9 Å². The zero-order chi connectivity index (χ0) is 27.0. The molecule has 0 spiro atoms. The molecule has 1 aliphatic carbocycles. The molecule has 39 heavy (non-hydrogen) atoms. The van der Waals surface area contributed by atoms with Crippen LogP contribution in [0.15, 0.2) is 65.5 Å². The summed E-state index contributed by atoms with van der Waals surface area (Å²) < 4.78 is 6.07. The van der Waals surface area contributed by atoms with E-state index in [0.717, 1.165) is 36.8 Å². The van der Waals surface area contributed by atoms with Gasteiger partial charge < -0.3 is 25.1 Å². The van der Waals surface area contributed by atoms with Crippen LogP contribution in [0.5, 0.6) is 5.75 Å². The van der Waals surface area contributed by atoms with Gasteiger partial charge in [-0.3, -0.25) is 9.59 Å². The van der Waals surface area contributed by atoms with Crippen molar-refractivity contribution in [2.45, 2.75) is 63.3 Å². The average Bonchev–Trinajstić information content (AvgIpc) is 3.64. The zero-order valence-electron chi connectivity index (χ0n) is 21.9. The highest BCUT2D eigenvalue weighted by Crippen LogP contribution is 2.30. The summed E-state index contributed by atoms with van der Waals surface area (Å²) in [5.41, 5.74) is 2.59. The molecule has 0 aliphatic heterocycles. The summed E-state index contributed by atoms with van der Waals surface area (Å²) in [6.07, 6.45) is 10.3. The highest BCUT2D eigenvalue weighted by molar-refractivity contribution is 5.95. The molecular formula is C30H35N5O4. The first-order valence-electron chi connectivity index (χ1n) is 13.8. The third-order valence-corrected chi connectivity index (χ3v) is 7.57. The number of aromatic amines is 1. The monoisotopic (exact) mass is 529 g/mol. The highest BCUT2D eigenvalue weighted by atomic mass is 16.3. The normalized spacial score (nSPS) is 15.6. The lowest BCUT2D eigenvalue weighted by molar-refractivity contribution is -0.123. The van der Waals surface area contributed by atoms with Crippen molar-refractivity contribution in [3.8, 4) is 5.75 Å². The van der Waals surface area contributed by atoms with E-state index in [1.807, 2.05) is 36.4 Å². The quantitative estimate of drug-likeness (QED) is 0.219. The fourth-order valence-electron chi connectivity index (χ4n) is 5.42. The van der Waals surface area contributed by atoms with Crippen LogP contribution in [0.3, 0.4) is 0 Å². The van der Waals surface area contributed by atoms with Crippen molar-refractivity contribution in [1.82, 2.24) is 25.6 Å². The van der Waals surface area contributed by atoms with E-state index in [0.29, 0.717) is 48.9 Å². The van der Waals surface area contributed by atoms with Gasteiger partial charge in [0, 0.05) is 12.5 Å². The zero-order valence-corrected chi connectivity index (χ0v) is 21.9. The number of carbonyl (C=O) groups excluding carboxylic acids is 2. The Morgan fingerprint density at radius 1 is 1.08 bits per heavy atom. The molecule has 2 amide bonds. The number of rotatable bonds is 11. The Balaban J connectivity index is 1.27. The molecule has 204 valence electrons. The summed E-state index contributed by atoms with van der Waals surface area (Å²) in [5, 5.41) is 16.3. The Hall–Kier alpha value is -4.14. The molecule has 4 aromatic rings. The number of imidazole rings is 1. The number of aromatic hydroxyl groups is 1. The molecular weight excluding hydrogens is 494 g/mol. The average molecular weight is 530 g/mol. The third-order valence-electron chi connectivity index (χ3n) is 7.57. The Morgan fingerprint density at radius 3 is 2.64 bits per heavy atom. The minimum atomic E-state index is -0.634. The fourth-order valence-corrected chi connectivity index (χ4v) is 5.42. The topological polar surface area (TPSA) is 133 Å². The van der Waals surface area contributed by atoms with Gasteiger partial charge >= 0.3 is 0 Å². The van der Waals surface area contributed by atoms with Crippen LogP contribution in [0.1, 0.15) is 72.8 Å². The predicted molar refractivity (Wildman–Crippen MR) is 147 cm³/mol. The molecule has 1 unspecified atom stereocenters. The Morgan fingerprint density at radius 2 is 1.87 bits per heavy atom. The SMILES string of the molecule is O=C(N[C@@H](CC1CCCCC1)C(=O)NCCC(Cc1ccccc1O)c1nc2ccccc2o1)c1cnc[nH]1. The van der Waals surface area contributed by atoms with Gasteiger partial charge in [-0.15, -0.1) is 0 Å². The number of oxazole rings is 1. The van der Waals surface area contributed by atoms with Gasteiger partial charge in [0.1, 0.15) is 23.0 Å². The van der Waals surface area contributed by atoms with Crippen LogP contribution in [0.2, 0.25) is 0 Å². The lowest BCUT2D eigenvalue weighted by Gasteiger charge is -2.26. The van der Waals surface area contributed by atoms with Gasteiger partial charge in [0.2, 0.25) is 5.91 Å². The van der Waals surface area contributed by atoms with E-state index in [4.69, 9.17) is 4.42 Å². The van der Waals surface area contributed by atoms with E-state index in [-0.39, 0.29) is 23.5 Å². The van der Waals surface area contributed by atoms with Gasteiger partial charge in [0.05, 0.1) is 12.5 Å². The second kappa shape index (κ2) is 12.6. The lowest BCUT2D eigenvalue weighted by atomic mass is 9.84. The fraction of sp³-hybridized carbons (Fsp3) is 0.400. The molecule has 2 aromatic carbocycles. The number of hydrogen-bond acceptors (Lipinski definition) is 6. The molecule has 9 heteroatoms. The molecule has 2 heterocycles. The number of fused-ring (bicyclic) bond motifs is 1. The number of aromatic nitrogens is 3. The summed E-state index contributed by atoms with van der Waals surface area (Å²) in [5.74, 6) is 0.490. The van der Waals surface area contributed by atoms with Crippen molar-refractivity contribution >= 4 is 22.9 Å². The minimum absolute atomic E-state index is 0.164. The first kappa shape index (κ1) is 26.5. The van der Waals surface area contributed by atoms with Gasteiger partial charge in [0.15, 0.2) is 11.5 Å². The number of hydrogen-bond donors (Lipinski definition) is 4. The summed E-state index contributed by atoms with van der Waals surface area (Å²) in [7, 11) is 0. The van der Waals surface area contributed by atoms with Crippen LogP contribution in [0, 0.1) is 5.92 Å². The van der Waals surface area contributed by atoms with E-state index in [9.17, 15) is 14.7 Å². The van der Waals surface area contributed by atoms with Gasteiger partial charge in [0.25, 0.3) is 5.91 Å². The summed E-state index contributed by atoms with van der Waals surface area (Å²) in [6.45, 7) is 0.372. The van der Waals surface area contributed by atoms with Crippen LogP contribution in [0.25, 0.3) is 11.1 Å². The van der Waals surface area contributed by atoms with Crippen molar-refractivity contribution < 1.29 is 19.1 Å². The molecule has 5 rings (SSSR count). The third kappa shape index (κ3) is 6.85. The number of H-pyrrole nitrogens is 1. The maximum absolute atomic E-state index is 13.4. The number of phenolic OH excluding ortho intramolecular Hbond substituents is 1. The number of nitrogens with one attached hydrogen (secondary N) is 3. The molecule has 2 aromatic heterocycles. The molecule has 4 N–H and O–H groups in total. The summed E-state index contributed by atoms with van der Waals surface area (Å²) in [4.78, 5) is 37.5. The smallest absolute Gasteiger partial charge is 0.269 e. The number of nitrogens with zero attached hydrogens (tertiary/aromatic N) is 2. The number of carbonyl (C=O) groups is 2. The molecule has 1 fully saturated rings. The maximum atomic E-state index is 13.4. The van der Waals surface area contributed by atoms with Crippen LogP contribution in [0.4, 0.5) is 0 Å². The second-order valence-electron chi connectivity index (χ2n) is 10.4. The molecule has 9 nitrogen and oxygen atoms in total. The van der Waals surface area contributed by atoms with Crippen LogP contribution in [-0.2, 0) is 11.2 Å².